The predicted molar refractivity (Wildman–Crippen MR) is 75.1 cm³/mol. The van der Waals surface area contributed by atoms with Crippen LogP contribution in [0.5, 0.6) is 0 Å². The zero-order chi connectivity index (χ0) is 13.0. The van der Waals surface area contributed by atoms with E-state index in [1.807, 2.05) is 19.1 Å². The minimum atomic E-state index is 0.315. The van der Waals surface area contributed by atoms with Crippen molar-refractivity contribution in [3.05, 3.63) is 34.9 Å². The summed E-state index contributed by atoms with van der Waals surface area (Å²) >= 11 is 0. The number of carbonyl (C=O) groups is 1. The van der Waals surface area contributed by atoms with E-state index >= 15 is 0 Å². The van der Waals surface area contributed by atoms with Crippen molar-refractivity contribution in [3.8, 4) is 0 Å². The molecule has 0 radical (unpaired) electrons. The van der Waals surface area contributed by atoms with Gasteiger partial charge in [0, 0.05) is 12.0 Å². The van der Waals surface area contributed by atoms with Gasteiger partial charge >= 0.3 is 0 Å². The molecule has 2 rings (SSSR count). The molecule has 1 heterocycles. The summed E-state index contributed by atoms with van der Waals surface area (Å²) < 4.78 is 0. The summed E-state index contributed by atoms with van der Waals surface area (Å²) in [7, 11) is 0. The van der Waals surface area contributed by atoms with Crippen LogP contribution in [0.1, 0.15) is 47.2 Å². The zero-order valence-electron chi connectivity index (χ0n) is 11.5. The normalized spacial score (nSPS) is 16.8. The van der Waals surface area contributed by atoms with Crippen molar-refractivity contribution >= 4 is 5.78 Å². The average molecular weight is 245 g/mol. The van der Waals surface area contributed by atoms with Crippen LogP contribution in [0.25, 0.3) is 0 Å². The monoisotopic (exact) mass is 245 g/mol. The largest absolute Gasteiger partial charge is 0.317 e. The minimum Gasteiger partial charge on any atom is -0.317 e. The number of aryl methyl sites for hydroxylation is 1. The Morgan fingerprint density at radius 3 is 2.72 bits per heavy atom. The average Bonchev–Trinajstić information content (AvgIpc) is 2.40. The van der Waals surface area contributed by atoms with Gasteiger partial charge in [-0.1, -0.05) is 18.2 Å². The number of rotatable bonds is 4. The molecule has 1 aliphatic rings. The van der Waals surface area contributed by atoms with Gasteiger partial charge in [0.15, 0.2) is 5.78 Å². The Morgan fingerprint density at radius 2 is 2.00 bits per heavy atom. The van der Waals surface area contributed by atoms with Crippen molar-refractivity contribution in [3.63, 3.8) is 0 Å². The lowest BCUT2D eigenvalue weighted by Gasteiger charge is -2.22. The Hall–Kier alpha value is -1.15. The first kappa shape index (κ1) is 13.3. The van der Waals surface area contributed by atoms with E-state index in [1.54, 1.807) is 0 Å². The quantitative estimate of drug-likeness (QED) is 0.825. The fourth-order valence-electron chi connectivity index (χ4n) is 2.69. The van der Waals surface area contributed by atoms with Gasteiger partial charge in [-0.05, 0) is 63.2 Å². The van der Waals surface area contributed by atoms with Crippen LogP contribution < -0.4 is 5.32 Å². The first-order chi connectivity index (χ1) is 8.68. The van der Waals surface area contributed by atoms with Crippen LogP contribution in [0.2, 0.25) is 0 Å². The van der Waals surface area contributed by atoms with E-state index in [2.05, 4.69) is 18.3 Å². The van der Waals surface area contributed by atoms with E-state index in [4.69, 9.17) is 0 Å². The molecule has 1 aromatic rings. The van der Waals surface area contributed by atoms with Gasteiger partial charge in [-0.25, -0.2) is 0 Å². The molecule has 0 unspecified atom stereocenters. The summed E-state index contributed by atoms with van der Waals surface area (Å²) in [4.78, 5) is 12.2. The summed E-state index contributed by atoms with van der Waals surface area (Å²) in [5.74, 6) is 1.05. The Balaban J connectivity index is 1.93. The highest BCUT2D eigenvalue weighted by molar-refractivity contribution is 5.97. The van der Waals surface area contributed by atoms with E-state index in [9.17, 15) is 4.79 Å². The summed E-state index contributed by atoms with van der Waals surface area (Å²) in [5, 5.41) is 3.37. The van der Waals surface area contributed by atoms with Crippen LogP contribution in [-0.2, 0) is 0 Å². The predicted octanol–water partition coefficient (Wildman–Crippen LogP) is 3.27. The molecule has 0 bridgehead atoms. The number of Topliss-reactive ketones (excluding diaryl/α,β-unsaturated/α-hetero) is 1. The van der Waals surface area contributed by atoms with E-state index in [1.165, 1.54) is 18.4 Å². The maximum absolute atomic E-state index is 12.2. The molecule has 0 aliphatic carbocycles. The third-order valence-corrected chi connectivity index (χ3v) is 4.14. The highest BCUT2D eigenvalue weighted by atomic mass is 16.1. The zero-order valence-corrected chi connectivity index (χ0v) is 11.5. The highest BCUT2D eigenvalue weighted by Crippen LogP contribution is 2.21. The molecule has 2 heteroatoms. The molecule has 98 valence electrons. The van der Waals surface area contributed by atoms with Crippen molar-refractivity contribution < 1.29 is 4.79 Å². The van der Waals surface area contributed by atoms with Gasteiger partial charge in [-0.3, -0.25) is 4.79 Å². The summed E-state index contributed by atoms with van der Waals surface area (Å²) in [5.41, 5.74) is 3.28. The molecular weight excluding hydrogens is 222 g/mol. The van der Waals surface area contributed by atoms with E-state index in [0.29, 0.717) is 12.2 Å². The van der Waals surface area contributed by atoms with E-state index < -0.39 is 0 Å². The lowest BCUT2D eigenvalue weighted by atomic mass is 9.90. The van der Waals surface area contributed by atoms with Crippen molar-refractivity contribution in [1.29, 1.82) is 0 Å². The Bertz CT molecular complexity index is 419. The molecule has 1 aliphatic heterocycles. The van der Waals surface area contributed by atoms with Crippen LogP contribution in [0, 0.1) is 19.8 Å². The molecule has 0 spiro atoms. The molecule has 18 heavy (non-hydrogen) atoms. The molecule has 0 amide bonds. The van der Waals surface area contributed by atoms with Gasteiger partial charge in [0.05, 0.1) is 0 Å². The minimum absolute atomic E-state index is 0.315. The lowest BCUT2D eigenvalue weighted by molar-refractivity contribution is 0.0970. The number of benzene rings is 1. The van der Waals surface area contributed by atoms with Gasteiger partial charge in [-0.15, -0.1) is 0 Å². The molecule has 1 aromatic carbocycles. The standard InChI is InChI=1S/C16H23NO/c1-12-4-3-5-15(13(12)2)16(18)7-6-14-8-10-17-11-9-14/h3-5,14,17H,6-11H2,1-2H3. The first-order valence-corrected chi connectivity index (χ1v) is 6.98. The smallest absolute Gasteiger partial charge is 0.163 e. The third-order valence-electron chi connectivity index (χ3n) is 4.14. The van der Waals surface area contributed by atoms with Gasteiger partial charge in [0.1, 0.15) is 0 Å². The maximum Gasteiger partial charge on any atom is 0.163 e. The van der Waals surface area contributed by atoms with Crippen molar-refractivity contribution in [1.82, 2.24) is 5.32 Å². The summed E-state index contributed by atoms with van der Waals surface area (Å²) in [6.07, 6.45) is 4.20. The maximum atomic E-state index is 12.2. The van der Waals surface area contributed by atoms with Crippen molar-refractivity contribution in [2.24, 2.45) is 5.92 Å². The van der Waals surface area contributed by atoms with Gasteiger partial charge in [0.25, 0.3) is 0 Å². The lowest BCUT2D eigenvalue weighted by Crippen LogP contribution is -2.28. The van der Waals surface area contributed by atoms with Gasteiger partial charge in [-0.2, -0.15) is 0 Å². The summed E-state index contributed by atoms with van der Waals surface area (Å²) in [6.45, 7) is 6.34. The van der Waals surface area contributed by atoms with E-state index in [0.717, 1.165) is 36.6 Å². The van der Waals surface area contributed by atoms with Crippen LogP contribution in [0.15, 0.2) is 18.2 Å². The van der Waals surface area contributed by atoms with Crippen LogP contribution in [0.3, 0.4) is 0 Å². The highest BCUT2D eigenvalue weighted by Gasteiger charge is 2.16. The SMILES string of the molecule is Cc1cccc(C(=O)CCC2CCNCC2)c1C. The van der Waals surface area contributed by atoms with Crippen LogP contribution in [-0.4, -0.2) is 18.9 Å². The van der Waals surface area contributed by atoms with Crippen molar-refractivity contribution in [2.45, 2.75) is 39.5 Å². The fourth-order valence-corrected chi connectivity index (χ4v) is 2.69. The Labute approximate surface area is 110 Å². The second kappa shape index (κ2) is 6.14. The number of hydrogen-bond acceptors (Lipinski definition) is 2. The number of ketones is 1. The number of hydrogen-bond donors (Lipinski definition) is 1. The van der Waals surface area contributed by atoms with E-state index in [-0.39, 0.29) is 0 Å². The summed E-state index contributed by atoms with van der Waals surface area (Å²) in [6, 6.07) is 6.02. The van der Waals surface area contributed by atoms with Crippen molar-refractivity contribution in [2.75, 3.05) is 13.1 Å². The van der Waals surface area contributed by atoms with Crippen LogP contribution in [0.4, 0.5) is 0 Å². The fraction of sp³-hybridized carbons (Fsp3) is 0.562. The Kier molecular flexibility index (Phi) is 4.54. The van der Waals surface area contributed by atoms with Gasteiger partial charge in [0.2, 0.25) is 0 Å². The Morgan fingerprint density at radius 1 is 1.28 bits per heavy atom. The first-order valence-electron chi connectivity index (χ1n) is 6.98. The molecule has 1 fully saturated rings. The molecule has 1 N–H and O–H groups in total. The second-order valence-corrected chi connectivity index (χ2v) is 5.40. The molecule has 2 nitrogen and oxygen atoms in total. The number of carbonyl (C=O) groups excluding carboxylic acids is 1. The molecular formula is C16H23NO. The molecule has 1 saturated heterocycles. The topological polar surface area (TPSA) is 29.1 Å². The molecule has 0 saturated carbocycles. The second-order valence-electron chi connectivity index (χ2n) is 5.40. The van der Waals surface area contributed by atoms with Gasteiger partial charge < -0.3 is 5.32 Å². The van der Waals surface area contributed by atoms with Crippen LogP contribution >= 0.6 is 0 Å². The molecule has 0 aromatic heterocycles. The number of piperidine rings is 1. The number of nitrogens with one attached hydrogen (secondary N) is 1. The molecule has 0 atom stereocenters. The third kappa shape index (κ3) is 3.20.